The monoisotopic (exact) mass is 288 g/mol. The third kappa shape index (κ3) is 2.32. The molecule has 4 aliphatic carbocycles. The van der Waals surface area contributed by atoms with Crippen LogP contribution < -0.4 is 0 Å². The maximum absolute atomic E-state index is 2.68. The lowest BCUT2D eigenvalue weighted by Crippen LogP contribution is -2.51. The first-order valence-corrected chi connectivity index (χ1v) is 9.81. The number of fused-ring (bicyclic) bond motifs is 5. The van der Waals surface area contributed by atoms with E-state index in [1.54, 1.807) is 19.3 Å². The van der Waals surface area contributed by atoms with E-state index in [1.165, 1.54) is 38.5 Å². The topological polar surface area (TPSA) is 0 Å². The van der Waals surface area contributed by atoms with E-state index in [9.17, 15) is 0 Å². The van der Waals surface area contributed by atoms with Crippen LogP contribution in [0.4, 0.5) is 0 Å². The molecule has 4 aliphatic rings. The summed E-state index contributed by atoms with van der Waals surface area (Å²) in [5.74, 6) is 4.17. The molecule has 0 amide bonds. The highest BCUT2D eigenvalue weighted by molar-refractivity contribution is 5.16. The van der Waals surface area contributed by atoms with Crippen LogP contribution in [0.5, 0.6) is 0 Å². The molecule has 4 rings (SSSR count). The Hall–Kier alpha value is -0.260. The van der Waals surface area contributed by atoms with Crippen molar-refractivity contribution in [1.82, 2.24) is 0 Å². The van der Waals surface area contributed by atoms with Crippen molar-refractivity contribution in [3.63, 3.8) is 0 Å². The van der Waals surface area contributed by atoms with Gasteiger partial charge in [0.05, 0.1) is 0 Å². The fourth-order valence-electron chi connectivity index (χ4n) is 6.78. The minimum absolute atomic E-state index is 0.568. The van der Waals surface area contributed by atoms with Crippen molar-refractivity contribution in [3.05, 3.63) is 12.2 Å². The van der Waals surface area contributed by atoms with Crippen LogP contribution >= 0.6 is 0 Å². The molecule has 6 atom stereocenters. The predicted molar refractivity (Wildman–Crippen MR) is 92.2 cm³/mol. The lowest BCUT2D eigenvalue weighted by atomic mass is 9.45. The summed E-state index contributed by atoms with van der Waals surface area (Å²) >= 11 is 0. The van der Waals surface area contributed by atoms with Gasteiger partial charge in [-0.3, -0.25) is 0 Å². The summed E-state index contributed by atoms with van der Waals surface area (Å²) in [6.45, 7) is 9.23. The lowest BCUT2D eigenvalue weighted by Gasteiger charge is -2.59. The van der Waals surface area contributed by atoms with E-state index in [0.717, 1.165) is 23.7 Å². The first-order valence-electron chi connectivity index (χ1n) is 9.81. The molecule has 0 radical (unpaired) electrons. The number of hydrogen-bond acceptors (Lipinski definition) is 0. The molecular weight excluding hydrogens is 252 g/mol. The molecule has 0 N–H and O–H groups in total. The second-order valence-electron chi connectivity index (χ2n) is 8.59. The third-order valence-corrected chi connectivity index (χ3v) is 7.91. The maximum atomic E-state index is 2.68. The second kappa shape index (κ2) is 5.74. The Morgan fingerprint density at radius 3 is 2.48 bits per heavy atom. The van der Waals surface area contributed by atoms with Crippen molar-refractivity contribution in [1.29, 1.82) is 0 Å². The Kier molecular flexibility index (Phi) is 4.27. The van der Waals surface area contributed by atoms with Gasteiger partial charge >= 0.3 is 0 Å². The van der Waals surface area contributed by atoms with Gasteiger partial charge < -0.3 is 0 Å². The molecule has 0 aliphatic heterocycles. The fourth-order valence-corrected chi connectivity index (χ4v) is 6.78. The SMILES string of the molecule is CC.CC12C=CCC1C1CCC3CCCCC3(C)C1CC2. The summed E-state index contributed by atoms with van der Waals surface area (Å²) in [6.07, 6.45) is 18.7. The highest BCUT2D eigenvalue weighted by Gasteiger charge is 2.56. The highest BCUT2D eigenvalue weighted by atomic mass is 14.6. The smallest absolute Gasteiger partial charge is 0.0112 e. The largest absolute Gasteiger partial charge is 0.0877 e. The summed E-state index contributed by atoms with van der Waals surface area (Å²) in [4.78, 5) is 0. The van der Waals surface area contributed by atoms with Gasteiger partial charge in [-0.05, 0) is 79.4 Å². The Morgan fingerprint density at radius 1 is 0.857 bits per heavy atom. The zero-order valence-corrected chi connectivity index (χ0v) is 14.8. The molecule has 3 fully saturated rings. The van der Waals surface area contributed by atoms with Gasteiger partial charge in [0.15, 0.2) is 0 Å². The molecular formula is C21H36. The van der Waals surface area contributed by atoms with Crippen LogP contribution in [0.3, 0.4) is 0 Å². The molecule has 0 heterocycles. The van der Waals surface area contributed by atoms with Gasteiger partial charge in [0.2, 0.25) is 0 Å². The van der Waals surface area contributed by atoms with Crippen LogP contribution in [0.2, 0.25) is 0 Å². The zero-order valence-electron chi connectivity index (χ0n) is 14.8. The van der Waals surface area contributed by atoms with E-state index in [-0.39, 0.29) is 0 Å². The average molecular weight is 289 g/mol. The molecule has 120 valence electrons. The minimum atomic E-state index is 0.568. The van der Waals surface area contributed by atoms with Gasteiger partial charge in [-0.25, -0.2) is 0 Å². The van der Waals surface area contributed by atoms with E-state index in [2.05, 4.69) is 26.0 Å². The van der Waals surface area contributed by atoms with E-state index in [0.29, 0.717) is 10.8 Å². The Morgan fingerprint density at radius 2 is 1.67 bits per heavy atom. The molecule has 21 heavy (non-hydrogen) atoms. The summed E-state index contributed by atoms with van der Waals surface area (Å²) in [5.41, 5.74) is 1.28. The van der Waals surface area contributed by atoms with E-state index < -0.39 is 0 Å². The number of hydrogen-bond donors (Lipinski definition) is 0. The number of allylic oxidation sites excluding steroid dienone is 2. The van der Waals surface area contributed by atoms with Gasteiger partial charge in [-0.15, -0.1) is 0 Å². The quantitative estimate of drug-likeness (QED) is 0.440. The van der Waals surface area contributed by atoms with Crippen LogP contribution in [0.25, 0.3) is 0 Å². The summed E-state index contributed by atoms with van der Waals surface area (Å²) in [7, 11) is 0. The summed E-state index contributed by atoms with van der Waals surface area (Å²) < 4.78 is 0. The molecule has 6 unspecified atom stereocenters. The van der Waals surface area contributed by atoms with Crippen molar-refractivity contribution in [2.45, 2.75) is 85.5 Å². The molecule has 0 spiro atoms. The Balaban J connectivity index is 0.000000636. The zero-order chi connectivity index (χ0) is 15.1. The van der Waals surface area contributed by atoms with E-state index in [1.807, 2.05) is 13.8 Å². The average Bonchev–Trinajstić information content (AvgIpc) is 2.90. The molecule has 0 heteroatoms. The van der Waals surface area contributed by atoms with Gasteiger partial charge in [-0.2, -0.15) is 0 Å². The molecule has 0 saturated heterocycles. The normalized spacial score (nSPS) is 51.2. The predicted octanol–water partition coefficient (Wildman–Crippen LogP) is 6.61. The molecule has 3 saturated carbocycles. The van der Waals surface area contributed by atoms with Crippen LogP contribution in [-0.4, -0.2) is 0 Å². The fraction of sp³-hybridized carbons (Fsp3) is 0.905. The third-order valence-electron chi connectivity index (χ3n) is 7.91. The van der Waals surface area contributed by atoms with Crippen molar-refractivity contribution in [3.8, 4) is 0 Å². The Labute approximate surface area is 132 Å². The highest BCUT2D eigenvalue weighted by Crippen LogP contribution is 2.64. The minimum Gasteiger partial charge on any atom is -0.0877 e. The van der Waals surface area contributed by atoms with Crippen molar-refractivity contribution in [2.75, 3.05) is 0 Å². The van der Waals surface area contributed by atoms with Crippen LogP contribution in [-0.2, 0) is 0 Å². The van der Waals surface area contributed by atoms with Crippen molar-refractivity contribution < 1.29 is 0 Å². The van der Waals surface area contributed by atoms with Crippen LogP contribution in [0.1, 0.15) is 85.5 Å². The summed E-state index contributed by atoms with van der Waals surface area (Å²) in [5, 5.41) is 0. The van der Waals surface area contributed by atoms with E-state index >= 15 is 0 Å². The van der Waals surface area contributed by atoms with Crippen molar-refractivity contribution >= 4 is 0 Å². The van der Waals surface area contributed by atoms with Gasteiger partial charge in [0.1, 0.15) is 0 Å². The first-order chi connectivity index (χ1) is 10.1. The molecule has 0 aromatic rings. The first kappa shape index (κ1) is 15.6. The summed E-state index contributed by atoms with van der Waals surface area (Å²) in [6, 6.07) is 0. The van der Waals surface area contributed by atoms with Gasteiger partial charge in [0, 0.05) is 0 Å². The number of rotatable bonds is 0. The standard InChI is InChI=1S/C19H30.C2H6/c1-18-11-5-7-16(18)15-9-8-14-6-3-4-12-19(14,2)17(15)10-13-18;1-2/h5,11,14-17H,3-4,6-10,12-13H2,1-2H3;1-2H3. The van der Waals surface area contributed by atoms with Gasteiger partial charge in [-0.1, -0.05) is 52.7 Å². The van der Waals surface area contributed by atoms with E-state index in [4.69, 9.17) is 0 Å². The van der Waals surface area contributed by atoms with Crippen LogP contribution in [0.15, 0.2) is 12.2 Å². The van der Waals surface area contributed by atoms with Crippen LogP contribution in [0, 0.1) is 34.5 Å². The molecule has 0 nitrogen and oxygen atoms in total. The van der Waals surface area contributed by atoms with Gasteiger partial charge in [0.25, 0.3) is 0 Å². The maximum Gasteiger partial charge on any atom is -0.0112 e. The lowest BCUT2D eigenvalue weighted by molar-refractivity contribution is -0.0969. The molecule has 0 aromatic heterocycles. The molecule has 0 bridgehead atoms. The Bertz CT molecular complexity index is 395. The molecule has 0 aromatic carbocycles. The van der Waals surface area contributed by atoms with Crippen molar-refractivity contribution in [2.24, 2.45) is 34.5 Å². The second-order valence-corrected chi connectivity index (χ2v) is 8.59.